The number of pyridine rings is 2. The standard InChI is InChI=1S/C11H9ClN2O/c12-11-6-14-5-9(10(11)7-15)8-2-1-3-13-4-8/h1-6,15H,7H2. The summed E-state index contributed by atoms with van der Waals surface area (Å²) in [5, 5.41) is 9.70. The van der Waals surface area contributed by atoms with Crippen LogP contribution in [0.2, 0.25) is 5.02 Å². The van der Waals surface area contributed by atoms with Gasteiger partial charge in [-0.2, -0.15) is 0 Å². The predicted molar refractivity (Wildman–Crippen MR) is 58.4 cm³/mol. The molecule has 0 amide bonds. The molecule has 0 radical (unpaired) electrons. The lowest BCUT2D eigenvalue weighted by Gasteiger charge is -2.07. The van der Waals surface area contributed by atoms with Crippen LogP contribution in [-0.2, 0) is 6.61 Å². The summed E-state index contributed by atoms with van der Waals surface area (Å²) in [6.45, 7) is -0.106. The molecule has 2 rings (SSSR count). The summed E-state index contributed by atoms with van der Waals surface area (Å²) in [6.07, 6.45) is 6.61. The Hall–Kier alpha value is -1.45. The Morgan fingerprint density at radius 1 is 1.20 bits per heavy atom. The third kappa shape index (κ3) is 1.98. The molecule has 76 valence electrons. The van der Waals surface area contributed by atoms with Crippen molar-refractivity contribution < 1.29 is 5.11 Å². The van der Waals surface area contributed by atoms with E-state index in [4.69, 9.17) is 11.6 Å². The molecule has 3 nitrogen and oxygen atoms in total. The zero-order valence-electron chi connectivity index (χ0n) is 7.89. The first-order valence-corrected chi connectivity index (χ1v) is 4.84. The summed E-state index contributed by atoms with van der Waals surface area (Å²) in [4.78, 5) is 8.01. The van der Waals surface area contributed by atoms with Crippen LogP contribution in [0.15, 0.2) is 36.9 Å². The molecule has 0 bridgehead atoms. The van der Waals surface area contributed by atoms with Crippen LogP contribution in [0.5, 0.6) is 0 Å². The van der Waals surface area contributed by atoms with Gasteiger partial charge in [0.15, 0.2) is 0 Å². The number of hydrogen-bond donors (Lipinski definition) is 1. The van der Waals surface area contributed by atoms with E-state index in [9.17, 15) is 5.11 Å². The molecule has 2 heterocycles. The Kier molecular flexibility index (Phi) is 2.94. The number of hydrogen-bond acceptors (Lipinski definition) is 3. The minimum absolute atomic E-state index is 0.106. The third-order valence-electron chi connectivity index (χ3n) is 2.14. The van der Waals surface area contributed by atoms with Gasteiger partial charge in [-0.15, -0.1) is 0 Å². The van der Waals surface area contributed by atoms with Gasteiger partial charge in [-0.3, -0.25) is 9.97 Å². The maximum atomic E-state index is 9.23. The Morgan fingerprint density at radius 2 is 2.07 bits per heavy atom. The molecule has 4 heteroatoms. The fourth-order valence-electron chi connectivity index (χ4n) is 1.39. The monoisotopic (exact) mass is 220 g/mol. The molecule has 0 aliphatic rings. The van der Waals surface area contributed by atoms with Crippen LogP contribution in [0.25, 0.3) is 11.1 Å². The molecule has 2 aromatic heterocycles. The minimum atomic E-state index is -0.106. The van der Waals surface area contributed by atoms with Crippen LogP contribution in [0.4, 0.5) is 0 Å². The molecule has 0 aromatic carbocycles. The Balaban J connectivity index is 2.58. The highest BCUT2D eigenvalue weighted by Gasteiger charge is 2.08. The summed E-state index contributed by atoms with van der Waals surface area (Å²) < 4.78 is 0. The molecule has 1 N–H and O–H groups in total. The van der Waals surface area contributed by atoms with E-state index in [1.807, 2.05) is 12.1 Å². The summed E-state index contributed by atoms with van der Waals surface area (Å²) in [5.41, 5.74) is 2.40. The second-order valence-corrected chi connectivity index (χ2v) is 3.45. The van der Waals surface area contributed by atoms with E-state index in [1.54, 1.807) is 18.6 Å². The number of aliphatic hydroxyl groups is 1. The number of rotatable bonds is 2. The van der Waals surface area contributed by atoms with Gasteiger partial charge in [0.1, 0.15) is 0 Å². The molecule has 2 aromatic rings. The lowest BCUT2D eigenvalue weighted by atomic mass is 10.0. The zero-order valence-corrected chi connectivity index (χ0v) is 8.65. The van der Waals surface area contributed by atoms with Gasteiger partial charge in [0.25, 0.3) is 0 Å². The van der Waals surface area contributed by atoms with Crippen molar-refractivity contribution in [3.05, 3.63) is 47.5 Å². The van der Waals surface area contributed by atoms with Crippen molar-refractivity contribution in [3.8, 4) is 11.1 Å². The quantitative estimate of drug-likeness (QED) is 0.845. The van der Waals surface area contributed by atoms with E-state index in [-0.39, 0.29) is 6.61 Å². The van der Waals surface area contributed by atoms with Gasteiger partial charge in [0.05, 0.1) is 11.6 Å². The smallest absolute Gasteiger partial charge is 0.0703 e. The first-order chi connectivity index (χ1) is 7.33. The lowest BCUT2D eigenvalue weighted by Crippen LogP contribution is -1.92. The first kappa shape index (κ1) is 10.1. The van der Waals surface area contributed by atoms with E-state index in [0.717, 1.165) is 11.1 Å². The van der Waals surface area contributed by atoms with Gasteiger partial charge >= 0.3 is 0 Å². The van der Waals surface area contributed by atoms with Crippen molar-refractivity contribution in [1.82, 2.24) is 9.97 Å². The second-order valence-electron chi connectivity index (χ2n) is 3.05. The lowest BCUT2D eigenvalue weighted by molar-refractivity contribution is 0.282. The van der Waals surface area contributed by atoms with Crippen LogP contribution in [-0.4, -0.2) is 15.1 Å². The Bertz CT molecular complexity index is 459. The van der Waals surface area contributed by atoms with Crippen LogP contribution in [0, 0.1) is 0 Å². The molecular formula is C11H9ClN2O. The zero-order chi connectivity index (χ0) is 10.7. The normalized spacial score (nSPS) is 10.3. The molecule has 0 saturated heterocycles. The van der Waals surface area contributed by atoms with E-state index >= 15 is 0 Å². The molecule has 0 spiro atoms. The van der Waals surface area contributed by atoms with Crippen molar-refractivity contribution in [2.24, 2.45) is 0 Å². The Labute approximate surface area is 92.4 Å². The fraction of sp³-hybridized carbons (Fsp3) is 0.0909. The van der Waals surface area contributed by atoms with Gasteiger partial charge in [-0.05, 0) is 6.07 Å². The minimum Gasteiger partial charge on any atom is -0.392 e. The van der Waals surface area contributed by atoms with E-state index in [2.05, 4.69) is 9.97 Å². The fourth-order valence-corrected chi connectivity index (χ4v) is 1.61. The van der Waals surface area contributed by atoms with Gasteiger partial charge < -0.3 is 5.11 Å². The van der Waals surface area contributed by atoms with E-state index in [1.165, 1.54) is 6.20 Å². The molecule has 0 fully saturated rings. The second kappa shape index (κ2) is 4.38. The highest BCUT2D eigenvalue weighted by atomic mass is 35.5. The highest BCUT2D eigenvalue weighted by molar-refractivity contribution is 6.31. The van der Waals surface area contributed by atoms with Crippen LogP contribution in [0.3, 0.4) is 0 Å². The first-order valence-electron chi connectivity index (χ1n) is 4.46. The average molecular weight is 221 g/mol. The van der Waals surface area contributed by atoms with Gasteiger partial charge in [0, 0.05) is 41.5 Å². The van der Waals surface area contributed by atoms with E-state index < -0.39 is 0 Å². The third-order valence-corrected chi connectivity index (χ3v) is 2.46. The molecular weight excluding hydrogens is 212 g/mol. The Morgan fingerprint density at radius 3 is 2.73 bits per heavy atom. The molecule has 0 aliphatic carbocycles. The predicted octanol–water partition coefficient (Wildman–Crippen LogP) is 2.29. The van der Waals surface area contributed by atoms with Crippen molar-refractivity contribution in [2.45, 2.75) is 6.61 Å². The number of aromatic nitrogens is 2. The summed E-state index contributed by atoms with van der Waals surface area (Å²) in [6, 6.07) is 3.73. The maximum Gasteiger partial charge on any atom is 0.0703 e. The summed E-state index contributed by atoms with van der Waals surface area (Å²) in [7, 11) is 0. The van der Waals surface area contributed by atoms with Gasteiger partial charge in [-0.1, -0.05) is 17.7 Å². The van der Waals surface area contributed by atoms with Gasteiger partial charge in [0.2, 0.25) is 0 Å². The summed E-state index contributed by atoms with van der Waals surface area (Å²) >= 11 is 5.94. The molecule has 0 saturated carbocycles. The van der Waals surface area contributed by atoms with Crippen molar-refractivity contribution in [1.29, 1.82) is 0 Å². The van der Waals surface area contributed by atoms with Gasteiger partial charge in [-0.25, -0.2) is 0 Å². The maximum absolute atomic E-state index is 9.23. The largest absolute Gasteiger partial charge is 0.392 e. The average Bonchev–Trinajstić information content (AvgIpc) is 2.30. The van der Waals surface area contributed by atoms with Crippen molar-refractivity contribution in [3.63, 3.8) is 0 Å². The molecule has 0 atom stereocenters. The van der Waals surface area contributed by atoms with Crippen LogP contribution < -0.4 is 0 Å². The topological polar surface area (TPSA) is 46.0 Å². The SMILES string of the molecule is OCc1c(Cl)cncc1-c1cccnc1. The van der Waals surface area contributed by atoms with Crippen LogP contribution >= 0.6 is 11.6 Å². The number of nitrogens with zero attached hydrogens (tertiary/aromatic N) is 2. The van der Waals surface area contributed by atoms with E-state index in [0.29, 0.717) is 10.6 Å². The number of aliphatic hydroxyl groups excluding tert-OH is 1. The van der Waals surface area contributed by atoms with Crippen molar-refractivity contribution in [2.75, 3.05) is 0 Å². The van der Waals surface area contributed by atoms with Crippen molar-refractivity contribution >= 4 is 11.6 Å². The number of halogens is 1. The molecule has 15 heavy (non-hydrogen) atoms. The molecule has 0 unspecified atom stereocenters. The highest BCUT2D eigenvalue weighted by Crippen LogP contribution is 2.27. The van der Waals surface area contributed by atoms with Crippen LogP contribution in [0.1, 0.15) is 5.56 Å². The summed E-state index contributed by atoms with van der Waals surface area (Å²) in [5.74, 6) is 0. The molecule has 0 aliphatic heterocycles.